The number of carboxylic acids is 2. The number of phenolic OH excluding ortho intramolecular Hbond substituents is 2. The number of carboxylic acid groups (broad SMARTS) is 2. The Kier molecular flexibility index (Phi) is 3.89. The third-order valence-corrected chi connectivity index (χ3v) is 4.67. The predicted octanol–water partition coefficient (Wildman–Crippen LogP) is 2.38. The van der Waals surface area contributed by atoms with Crippen molar-refractivity contribution in [1.29, 1.82) is 0 Å². The summed E-state index contributed by atoms with van der Waals surface area (Å²) in [6.45, 7) is 0. The molecule has 4 unspecified atom stereocenters. The van der Waals surface area contributed by atoms with E-state index in [0.29, 0.717) is 11.1 Å². The minimum absolute atomic E-state index is 0.0564. The maximum Gasteiger partial charge on any atom is 0.308 e. The molecule has 0 aromatic heterocycles. The molecule has 24 heavy (non-hydrogen) atoms. The number of aromatic hydroxyl groups is 2. The van der Waals surface area contributed by atoms with E-state index in [9.17, 15) is 30.0 Å². The molecule has 124 valence electrons. The number of hydrogen-bond donors (Lipinski definition) is 4. The minimum atomic E-state index is -1.16. The molecule has 0 saturated heterocycles. The molecule has 0 heterocycles. The molecule has 0 bridgehead atoms. The van der Waals surface area contributed by atoms with E-state index < -0.39 is 35.6 Å². The van der Waals surface area contributed by atoms with Gasteiger partial charge in [-0.2, -0.15) is 0 Å². The molecule has 2 aromatic rings. The summed E-state index contributed by atoms with van der Waals surface area (Å²) < 4.78 is 0. The van der Waals surface area contributed by atoms with Crippen LogP contribution in [-0.4, -0.2) is 32.4 Å². The van der Waals surface area contributed by atoms with Gasteiger partial charge >= 0.3 is 11.9 Å². The number of carbonyl (C=O) groups is 2. The van der Waals surface area contributed by atoms with Crippen LogP contribution >= 0.6 is 0 Å². The smallest absolute Gasteiger partial charge is 0.308 e. The molecule has 2 aromatic carbocycles. The fourth-order valence-corrected chi connectivity index (χ4v) is 3.58. The summed E-state index contributed by atoms with van der Waals surface area (Å²) in [4.78, 5) is 23.3. The Labute approximate surface area is 137 Å². The molecule has 3 rings (SSSR count). The van der Waals surface area contributed by atoms with Crippen LogP contribution in [0.1, 0.15) is 23.0 Å². The van der Waals surface area contributed by atoms with Crippen molar-refractivity contribution in [3.05, 3.63) is 59.7 Å². The Bertz CT molecular complexity index is 698. The zero-order valence-corrected chi connectivity index (χ0v) is 12.5. The van der Waals surface area contributed by atoms with Gasteiger partial charge in [-0.15, -0.1) is 0 Å². The zero-order valence-electron chi connectivity index (χ0n) is 12.5. The minimum Gasteiger partial charge on any atom is -0.508 e. The molecule has 0 radical (unpaired) electrons. The van der Waals surface area contributed by atoms with Gasteiger partial charge < -0.3 is 20.4 Å². The zero-order chi connectivity index (χ0) is 17.4. The number of phenols is 2. The lowest BCUT2D eigenvalue weighted by Crippen LogP contribution is -2.51. The first-order chi connectivity index (χ1) is 11.4. The van der Waals surface area contributed by atoms with Crippen molar-refractivity contribution in [3.63, 3.8) is 0 Å². The molecule has 4 atom stereocenters. The van der Waals surface area contributed by atoms with Gasteiger partial charge in [0.25, 0.3) is 0 Å². The summed E-state index contributed by atoms with van der Waals surface area (Å²) in [6, 6.07) is 12.3. The summed E-state index contributed by atoms with van der Waals surface area (Å²) in [5.74, 6) is -5.34. The highest BCUT2D eigenvalue weighted by molar-refractivity contribution is 5.85. The number of benzene rings is 2. The normalized spacial score (nSPS) is 25.7. The van der Waals surface area contributed by atoms with Crippen LogP contribution in [-0.2, 0) is 9.59 Å². The van der Waals surface area contributed by atoms with Crippen LogP contribution < -0.4 is 0 Å². The topological polar surface area (TPSA) is 115 Å². The molecule has 1 aliphatic rings. The van der Waals surface area contributed by atoms with Crippen LogP contribution in [0.3, 0.4) is 0 Å². The first-order valence-electron chi connectivity index (χ1n) is 7.43. The largest absolute Gasteiger partial charge is 0.508 e. The highest BCUT2D eigenvalue weighted by Crippen LogP contribution is 2.58. The summed E-state index contributed by atoms with van der Waals surface area (Å²) >= 11 is 0. The van der Waals surface area contributed by atoms with Crippen LogP contribution in [0.25, 0.3) is 0 Å². The van der Waals surface area contributed by atoms with Crippen molar-refractivity contribution in [2.45, 2.75) is 11.8 Å². The van der Waals surface area contributed by atoms with Crippen LogP contribution in [0, 0.1) is 11.8 Å². The monoisotopic (exact) mass is 328 g/mol. The molecule has 4 N–H and O–H groups in total. The Hall–Kier alpha value is -3.02. The molecular weight excluding hydrogens is 312 g/mol. The average Bonchev–Trinajstić information content (AvgIpc) is 2.49. The van der Waals surface area contributed by atoms with E-state index in [2.05, 4.69) is 0 Å². The number of aliphatic carboxylic acids is 2. The van der Waals surface area contributed by atoms with Crippen molar-refractivity contribution >= 4 is 11.9 Å². The second-order valence-electron chi connectivity index (χ2n) is 5.96. The van der Waals surface area contributed by atoms with E-state index in [0.717, 1.165) is 0 Å². The van der Waals surface area contributed by atoms with Gasteiger partial charge in [0.2, 0.25) is 0 Å². The third kappa shape index (κ3) is 2.56. The Morgan fingerprint density at radius 2 is 0.917 bits per heavy atom. The van der Waals surface area contributed by atoms with E-state index in [4.69, 9.17) is 0 Å². The molecule has 1 aliphatic carbocycles. The molecule has 6 nitrogen and oxygen atoms in total. The predicted molar refractivity (Wildman–Crippen MR) is 83.9 cm³/mol. The highest BCUT2D eigenvalue weighted by Gasteiger charge is 2.58. The second kappa shape index (κ2) is 5.88. The fourth-order valence-electron chi connectivity index (χ4n) is 3.58. The van der Waals surface area contributed by atoms with Gasteiger partial charge in [-0.05, 0) is 35.4 Å². The Morgan fingerprint density at radius 1 is 0.625 bits per heavy atom. The molecule has 1 saturated carbocycles. The second-order valence-corrected chi connectivity index (χ2v) is 5.96. The molecular formula is C18H16O6. The maximum absolute atomic E-state index is 11.6. The van der Waals surface area contributed by atoms with Crippen LogP contribution in [0.5, 0.6) is 11.5 Å². The quantitative estimate of drug-likeness (QED) is 0.685. The first kappa shape index (κ1) is 15.9. The fraction of sp³-hybridized carbons (Fsp3) is 0.222. The standard InChI is InChI=1S/C18H16O6/c19-11-5-1-9(2-6-11)13-14(10-3-7-12(20)8-4-10)16(18(23)24)15(13)17(21)22/h1-8,13-16,19-20H,(H,21,22)(H,23,24). The van der Waals surface area contributed by atoms with E-state index >= 15 is 0 Å². The van der Waals surface area contributed by atoms with Gasteiger partial charge in [-0.1, -0.05) is 24.3 Å². The van der Waals surface area contributed by atoms with Gasteiger partial charge in [0.05, 0.1) is 11.8 Å². The number of rotatable bonds is 4. The van der Waals surface area contributed by atoms with Gasteiger partial charge in [0, 0.05) is 11.8 Å². The van der Waals surface area contributed by atoms with Crippen LogP contribution in [0.2, 0.25) is 0 Å². The van der Waals surface area contributed by atoms with Crippen LogP contribution in [0.4, 0.5) is 0 Å². The summed E-state index contributed by atoms with van der Waals surface area (Å²) in [7, 11) is 0. The van der Waals surface area contributed by atoms with E-state index in [1.165, 1.54) is 24.3 Å². The average molecular weight is 328 g/mol. The first-order valence-corrected chi connectivity index (χ1v) is 7.43. The van der Waals surface area contributed by atoms with Crippen molar-refractivity contribution in [2.24, 2.45) is 11.8 Å². The van der Waals surface area contributed by atoms with Crippen molar-refractivity contribution in [1.82, 2.24) is 0 Å². The lowest BCUT2D eigenvalue weighted by Gasteiger charge is -2.48. The van der Waals surface area contributed by atoms with Crippen LogP contribution in [0.15, 0.2) is 48.5 Å². The Balaban J connectivity index is 2.06. The lowest BCUT2D eigenvalue weighted by atomic mass is 9.52. The van der Waals surface area contributed by atoms with Crippen molar-refractivity contribution < 1.29 is 30.0 Å². The lowest BCUT2D eigenvalue weighted by molar-refractivity contribution is -0.164. The summed E-state index contributed by atoms with van der Waals surface area (Å²) in [5.41, 5.74) is 1.33. The molecule has 1 fully saturated rings. The molecule has 0 amide bonds. The van der Waals surface area contributed by atoms with Gasteiger partial charge in [0.15, 0.2) is 0 Å². The van der Waals surface area contributed by atoms with Crippen molar-refractivity contribution in [3.8, 4) is 11.5 Å². The number of hydrogen-bond acceptors (Lipinski definition) is 4. The Morgan fingerprint density at radius 3 is 1.17 bits per heavy atom. The SMILES string of the molecule is O=C(O)C1C(C(=O)O)C(c2ccc(O)cc2)C1c1ccc(O)cc1. The van der Waals surface area contributed by atoms with Crippen molar-refractivity contribution in [2.75, 3.05) is 0 Å². The highest BCUT2D eigenvalue weighted by atomic mass is 16.4. The maximum atomic E-state index is 11.6. The van der Waals surface area contributed by atoms with Gasteiger partial charge in [0.1, 0.15) is 11.5 Å². The van der Waals surface area contributed by atoms with Gasteiger partial charge in [-0.25, -0.2) is 0 Å². The van der Waals surface area contributed by atoms with Gasteiger partial charge in [-0.3, -0.25) is 9.59 Å². The summed E-state index contributed by atoms with van der Waals surface area (Å²) in [5, 5.41) is 37.8. The summed E-state index contributed by atoms with van der Waals surface area (Å²) in [6.07, 6.45) is 0. The van der Waals surface area contributed by atoms with E-state index in [1.807, 2.05) is 0 Å². The molecule has 0 aliphatic heterocycles. The third-order valence-electron chi connectivity index (χ3n) is 4.67. The molecule has 6 heteroatoms. The van der Waals surface area contributed by atoms with E-state index in [-0.39, 0.29) is 11.5 Å². The molecule has 0 spiro atoms. The van der Waals surface area contributed by atoms with E-state index in [1.54, 1.807) is 24.3 Å².